The van der Waals surface area contributed by atoms with Crippen LogP contribution in [0.1, 0.15) is 37.4 Å². The van der Waals surface area contributed by atoms with E-state index in [4.69, 9.17) is 0 Å². The molecule has 0 aliphatic rings. The van der Waals surface area contributed by atoms with E-state index in [1.165, 1.54) is 21.6 Å². The lowest BCUT2D eigenvalue weighted by Crippen LogP contribution is -2.24. The van der Waals surface area contributed by atoms with E-state index in [0.717, 1.165) is 17.7 Å². The molecule has 4 rings (SSSR count). The maximum atomic E-state index is 12.6. The van der Waals surface area contributed by atoms with Crippen molar-refractivity contribution in [3.05, 3.63) is 75.5 Å². The summed E-state index contributed by atoms with van der Waals surface area (Å²) in [6.07, 6.45) is 1.17. The van der Waals surface area contributed by atoms with Gasteiger partial charge in [-0.15, -0.1) is 11.3 Å². The number of aryl methyl sites for hydroxylation is 1. The molecule has 0 fully saturated rings. The van der Waals surface area contributed by atoms with Crippen molar-refractivity contribution in [1.29, 1.82) is 0 Å². The van der Waals surface area contributed by atoms with Crippen LogP contribution in [0.25, 0.3) is 22.0 Å². The first kappa shape index (κ1) is 20.9. The molecule has 0 saturated carbocycles. The highest BCUT2D eigenvalue weighted by atomic mass is 32.1. The lowest BCUT2D eigenvalue weighted by molar-refractivity contribution is -0.115. The molecule has 0 bridgehead atoms. The van der Waals surface area contributed by atoms with Crippen LogP contribution in [-0.2, 0) is 18.3 Å². The smallest absolute Gasteiger partial charge is 0.274 e. The van der Waals surface area contributed by atoms with Crippen molar-refractivity contribution in [2.24, 2.45) is 7.05 Å². The first-order valence-electron chi connectivity index (χ1n) is 10.3. The van der Waals surface area contributed by atoms with Crippen LogP contribution in [0.5, 0.6) is 0 Å². The number of nitrogens with one attached hydrogen (secondary N) is 1. The van der Waals surface area contributed by atoms with Crippen LogP contribution in [0.4, 0.5) is 5.13 Å². The Kier molecular flexibility index (Phi) is 5.95. The molecule has 31 heavy (non-hydrogen) atoms. The van der Waals surface area contributed by atoms with Gasteiger partial charge in [-0.2, -0.15) is 5.10 Å². The number of fused-ring (bicyclic) bond motifs is 1. The number of carbonyl (C=O) groups excluding carboxylic acids is 1. The maximum Gasteiger partial charge on any atom is 0.274 e. The summed E-state index contributed by atoms with van der Waals surface area (Å²) < 4.78 is 1.27. The molecule has 4 aromatic rings. The zero-order valence-electron chi connectivity index (χ0n) is 17.8. The van der Waals surface area contributed by atoms with Gasteiger partial charge < -0.3 is 5.32 Å². The molecule has 2 heterocycles. The van der Waals surface area contributed by atoms with E-state index < -0.39 is 0 Å². The normalized spacial score (nSPS) is 12.1. The maximum absolute atomic E-state index is 12.6. The van der Waals surface area contributed by atoms with Gasteiger partial charge in [-0.25, -0.2) is 9.67 Å². The van der Waals surface area contributed by atoms with E-state index in [1.54, 1.807) is 19.2 Å². The molecule has 0 saturated heterocycles. The third kappa shape index (κ3) is 4.41. The monoisotopic (exact) mass is 432 g/mol. The largest absolute Gasteiger partial charge is 0.302 e. The summed E-state index contributed by atoms with van der Waals surface area (Å²) in [5.41, 5.74) is 3.56. The SMILES string of the molecule is CCC(C)c1ccc(-c2csc(NC(=O)Cc3nn(C)c(=O)c4ccccc34)n2)cc1. The van der Waals surface area contributed by atoms with Gasteiger partial charge in [0.25, 0.3) is 5.56 Å². The molecular formula is C24H24N4O2S. The van der Waals surface area contributed by atoms with Crippen molar-refractivity contribution in [2.75, 3.05) is 5.32 Å². The lowest BCUT2D eigenvalue weighted by Gasteiger charge is -2.09. The molecule has 1 N–H and O–H groups in total. The molecule has 6 nitrogen and oxygen atoms in total. The zero-order valence-corrected chi connectivity index (χ0v) is 18.6. The Morgan fingerprint density at radius 1 is 1.13 bits per heavy atom. The molecule has 1 unspecified atom stereocenters. The third-order valence-corrected chi connectivity index (χ3v) is 6.26. The minimum Gasteiger partial charge on any atom is -0.302 e. The summed E-state index contributed by atoms with van der Waals surface area (Å²) >= 11 is 1.39. The zero-order chi connectivity index (χ0) is 22.0. The summed E-state index contributed by atoms with van der Waals surface area (Å²) in [6.45, 7) is 4.40. The van der Waals surface area contributed by atoms with Gasteiger partial charge in [0, 0.05) is 23.4 Å². The molecule has 2 aromatic carbocycles. The first-order valence-corrected chi connectivity index (χ1v) is 11.1. The number of amides is 1. The number of nitrogens with zero attached hydrogens (tertiary/aromatic N) is 3. The molecule has 7 heteroatoms. The van der Waals surface area contributed by atoms with Crippen molar-refractivity contribution >= 4 is 33.1 Å². The molecular weight excluding hydrogens is 408 g/mol. The Bertz CT molecular complexity index is 1290. The summed E-state index contributed by atoms with van der Waals surface area (Å²) in [4.78, 5) is 29.5. The average molecular weight is 433 g/mol. The summed E-state index contributed by atoms with van der Waals surface area (Å²) in [7, 11) is 1.59. The number of rotatable bonds is 6. The molecule has 1 amide bonds. The van der Waals surface area contributed by atoms with Crippen molar-refractivity contribution in [3.8, 4) is 11.3 Å². The predicted molar refractivity (Wildman–Crippen MR) is 126 cm³/mol. The van der Waals surface area contributed by atoms with Gasteiger partial charge in [-0.05, 0) is 24.0 Å². The molecule has 0 aliphatic carbocycles. The van der Waals surface area contributed by atoms with Gasteiger partial charge in [0.1, 0.15) is 0 Å². The highest BCUT2D eigenvalue weighted by molar-refractivity contribution is 7.14. The fourth-order valence-corrected chi connectivity index (χ4v) is 4.24. The van der Waals surface area contributed by atoms with E-state index in [1.807, 2.05) is 17.5 Å². The Hall–Kier alpha value is -3.32. The van der Waals surface area contributed by atoms with Crippen molar-refractivity contribution in [3.63, 3.8) is 0 Å². The highest BCUT2D eigenvalue weighted by Crippen LogP contribution is 2.27. The average Bonchev–Trinajstić information content (AvgIpc) is 3.25. The number of hydrogen-bond donors (Lipinski definition) is 1. The fourth-order valence-electron chi connectivity index (χ4n) is 3.50. The fraction of sp³-hybridized carbons (Fsp3) is 0.250. The van der Waals surface area contributed by atoms with Gasteiger partial charge >= 0.3 is 0 Å². The molecule has 158 valence electrons. The van der Waals surface area contributed by atoms with E-state index in [2.05, 4.69) is 53.5 Å². The number of carbonyl (C=O) groups is 1. The summed E-state index contributed by atoms with van der Waals surface area (Å²) in [5.74, 6) is 0.311. The van der Waals surface area contributed by atoms with E-state index in [0.29, 0.717) is 27.5 Å². The second kappa shape index (κ2) is 8.81. The van der Waals surface area contributed by atoms with Crippen LogP contribution in [0.3, 0.4) is 0 Å². The van der Waals surface area contributed by atoms with Gasteiger partial charge in [0.2, 0.25) is 5.91 Å². The molecule has 2 aromatic heterocycles. The molecule has 0 spiro atoms. The van der Waals surface area contributed by atoms with E-state index in [9.17, 15) is 9.59 Å². The van der Waals surface area contributed by atoms with Crippen LogP contribution >= 0.6 is 11.3 Å². The molecule has 0 radical (unpaired) electrons. The second-order valence-electron chi connectivity index (χ2n) is 7.62. The van der Waals surface area contributed by atoms with Crippen molar-refractivity contribution in [2.45, 2.75) is 32.6 Å². The van der Waals surface area contributed by atoms with Gasteiger partial charge in [-0.3, -0.25) is 9.59 Å². The van der Waals surface area contributed by atoms with Crippen LogP contribution in [0.15, 0.2) is 58.7 Å². The van der Waals surface area contributed by atoms with Crippen LogP contribution in [-0.4, -0.2) is 20.7 Å². The van der Waals surface area contributed by atoms with Crippen molar-refractivity contribution < 1.29 is 4.79 Å². The predicted octanol–water partition coefficient (Wildman–Crippen LogP) is 4.75. The minimum atomic E-state index is -0.218. The van der Waals surface area contributed by atoms with Gasteiger partial charge in [0.05, 0.1) is 23.2 Å². The minimum absolute atomic E-state index is 0.0626. The Labute approximate surface area is 184 Å². The number of hydrogen-bond acceptors (Lipinski definition) is 5. The number of benzene rings is 2. The topological polar surface area (TPSA) is 76.9 Å². The standard InChI is InChI=1S/C24H24N4O2S/c1-4-15(2)16-9-11-17(12-10-16)21-14-31-24(25-21)26-22(29)13-20-18-7-5-6-8-19(18)23(30)28(3)27-20/h5-12,14-15H,4,13H2,1-3H3,(H,25,26,29). The molecule has 0 aliphatic heterocycles. The quantitative estimate of drug-likeness (QED) is 0.477. The van der Waals surface area contributed by atoms with Crippen LogP contribution in [0, 0.1) is 0 Å². The Balaban J connectivity index is 1.50. The van der Waals surface area contributed by atoms with Gasteiger partial charge in [-0.1, -0.05) is 56.3 Å². The lowest BCUT2D eigenvalue weighted by atomic mass is 9.97. The second-order valence-corrected chi connectivity index (χ2v) is 8.47. The van der Waals surface area contributed by atoms with Gasteiger partial charge in [0.15, 0.2) is 5.13 Å². The number of anilines is 1. The Morgan fingerprint density at radius 2 is 1.84 bits per heavy atom. The number of aromatic nitrogens is 3. The van der Waals surface area contributed by atoms with Crippen molar-refractivity contribution in [1.82, 2.24) is 14.8 Å². The summed E-state index contributed by atoms with van der Waals surface area (Å²) in [6, 6.07) is 15.6. The molecule has 1 atom stereocenters. The summed E-state index contributed by atoms with van der Waals surface area (Å²) in [5, 5.41) is 10.9. The van der Waals surface area contributed by atoms with E-state index in [-0.39, 0.29) is 17.9 Å². The highest BCUT2D eigenvalue weighted by Gasteiger charge is 2.14. The van der Waals surface area contributed by atoms with Crippen LogP contribution < -0.4 is 10.9 Å². The van der Waals surface area contributed by atoms with Crippen LogP contribution in [0.2, 0.25) is 0 Å². The first-order chi connectivity index (χ1) is 15.0. The van der Waals surface area contributed by atoms with E-state index >= 15 is 0 Å². The Morgan fingerprint density at radius 3 is 2.55 bits per heavy atom. The third-order valence-electron chi connectivity index (χ3n) is 5.50. The number of thiazole rings is 1.